The molecule has 2 amide bonds. The summed E-state index contributed by atoms with van der Waals surface area (Å²) >= 11 is 0. The summed E-state index contributed by atoms with van der Waals surface area (Å²) in [7, 11) is 0. The number of esters is 1. The Hall–Kier alpha value is -5.44. The molecular formula is C41H44N2O7. The minimum absolute atomic E-state index is 0.0189. The zero-order chi connectivity index (χ0) is 35.3. The fourth-order valence-corrected chi connectivity index (χ4v) is 6.01. The van der Waals surface area contributed by atoms with Crippen LogP contribution in [0.5, 0.6) is 11.5 Å². The number of hydrogen-bond acceptors (Lipinski definition) is 6. The van der Waals surface area contributed by atoms with Gasteiger partial charge in [-0.15, -0.1) is 0 Å². The topological polar surface area (TPSA) is 131 Å². The summed E-state index contributed by atoms with van der Waals surface area (Å²) < 4.78 is 11.3. The third kappa shape index (κ3) is 9.37. The molecule has 1 atom stereocenters. The summed E-state index contributed by atoms with van der Waals surface area (Å²) in [5.74, 6) is -1.34. The van der Waals surface area contributed by atoms with Crippen LogP contribution in [0.3, 0.4) is 0 Å². The van der Waals surface area contributed by atoms with Crippen molar-refractivity contribution >= 4 is 29.4 Å². The molecule has 1 saturated carbocycles. The number of carboxylic acids is 1. The molecule has 260 valence electrons. The predicted octanol–water partition coefficient (Wildman–Crippen LogP) is 7.74. The number of rotatable bonds is 17. The van der Waals surface area contributed by atoms with Crippen molar-refractivity contribution in [2.24, 2.45) is 0 Å². The molecule has 3 N–H and O–H groups in total. The number of carboxylic acid groups (broad SMARTS) is 1. The molecule has 0 aromatic heterocycles. The Morgan fingerprint density at radius 1 is 0.760 bits per heavy atom. The van der Waals surface area contributed by atoms with E-state index in [9.17, 15) is 24.3 Å². The molecule has 0 heterocycles. The lowest BCUT2D eigenvalue weighted by molar-refractivity contribution is -0.139. The molecule has 1 fully saturated rings. The maximum Gasteiger partial charge on any atom is 0.343 e. The van der Waals surface area contributed by atoms with E-state index in [1.807, 2.05) is 30.3 Å². The maximum absolute atomic E-state index is 13.3. The van der Waals surface area contributed by atoms with Crippen LogP contribution in [0.1, 0.15) is 90.1 Å². The molecule has 9 heteroatoms. The fourth-order valence-electron chi connectivity index (χ4n) is 6.01. The van der Waals surface area contributed by atoms with E-state index < -0.39 is 29.3 Å². The van der Waals surface area contributed by atoms with Gasteiger partial charge in [-0.25, -0.2) is 9.59 Å². The van der Waals surface area contributed by atoms with Crippen molar-refractivity contribution in [1.29, 1.82) is 0 Å². The van der Waals surface area contributed by atoms with Gasteiger partial charge < -0.3 is 25.2 Å². The second-order valence-corrected chi connectivity index (χ2v) is 12.7. The number of nitrogens with one attached hydrogen (secondary N) is 2. The van der Waals surface area contributed by atoms with Gasteiger partial charge >= 0.3 is 11.9 Å². The third-order valence-corrected chi connectivity index (χ3v) is 9.16. The number of carbonyl (C=O) groups is 4. The average molecular weight is 677 g/mol. The van der Waals surface area contributed by atoms with Crippen molar-refractivity contribution in [3.8, 4) is 11.5 Å². The van der Waals surface area contributed by atoms with Crippen molar-refractivity contribution < 1.29 is 33.8 Å². The first-order valence-corrected chi connectivity index (χ1v) is 17.3. The third-order valence-electron chi connectivity index (χ3n) is 9.16. The number of amides is 2. The molecule has 5 rings (SSSR count). The van der Waals surface area contributed by atoms with E-state index in [1.165, 1.54) is 19.3 Å². The van der Waals surface area contributed by atoms with Crippen LogP contribution in [0.4, 0.5) is 5.69 Å². The van der Waals surface area contributed by atoms with Gasteiger partial charge in [0.1, 0.15) is 17.5 Å². The maximum atomic E-state index is 13.3. The van der Waals surface area contributed by atoms with Crippen LogP contribution in [0.25, 0.3) is 0 Å². The number of unbranched alkanes of at least 4 members (excludes halogenated alkanes) is 4. The summed E-state index contributed by atoms with van der Waals surface area (Å²) in [6, 6.07) is 28.2. The van der Waals surface area contributed by atoms with Gasteiger partial charge in [0.25, 0.3) is 5.91 Å². The van der Waals surface area contributed by atoms with Crippen molar-refractivity contribution in [2.45, 2.75) is 76.2 Å². The largest absolute Gasteiger partial charge is 0.494 e. The number of benzene rings is 4. The SMILES string of the molecule is CCCCCCCOc1ccc(C(=O)Oc2ccc(CC(NC(=O)c3ccc(NC(=O)C4(c5ccccc5)CCC4)cc3)C(=O)O)cc2)cc1. The van der Waals surface area contributed by atoms with Gasteiger partial charge in [0.05, 0.1) is 17.6 Å². The molecule has 1 aliphatic carbocycles. The lowest BCUT2D eigenvalue weighted by atomic mass is 9.64. The molecular weight excluding hydrogens is 632 g/mol. The van der Waals surface area contributed by atoms with E-state index in [0.717, 1.165) is 37.7 Å². The van der Waals surface area contributed by atoms with E-state index in [0.29, 0.717) is 34.9 Å². The van der Waals surface area contributed by atoms with Crippen molar-refractivity contribution in [2.75, 3.05) is 11.9 Å². The van der Waals surface area contributed by atoms with Crippen molar-refractivity contribution in [1.82, 2.24) is 5.32 Å². The zero-order valence-electron chi connectivity index (χ0n) is 28.4. The number of anilines is 1. The van der Waals surface area contributed by atoms with E-state index in [2.05, 4.69) is 17.6 Å². The molecule has 0 spiro atoms. The fraction of sp³-hybridized carbons (Fsp3) is 0.317. The summed E-state index contributed by atoms with van der Waals surface area (Å²) in [4.78, 5) is 51.0. The van der Waals surface area contributed by atoms with Crippen LogP contribution < -0.4 is 20.1 Å². The molecule has 9 nitrogen and oxygen atoms in total. The first kappa shape index (κ1) is 35.9. The van der Waals surface area contributed by atoms with Crippen LogP contribution in [-0.2, 0) is 21.4 Å². The van der Waals surface area contributed by atoms with E-state index >= 15 is 0 Å². The molecule has 4 aromatic rings. The van der Waals surface area contributed by atoms with E-state index in [1.54, 1.807) is 72.8 Å². The van der Waals surface area contributed by atoms with Gasteiger partial charge in [0, 0.05) is 17.7 Å². The molecule has 0 bridgehead atoms. The lowest BCUT2D eigenvalue weighted by Crippen LogP contribution is -2.46. The van der Waals surface area contributed by atoms with Gasteiger partial charge in [-0.3, -0.25) is 9.59 Å². The minimum Gasteiger partial charge on any atom is -0.494 e. The van der Waals surface area contributed by atoms with Crippen LogP contribution in [0.2, 0.25) is 0 Å². The van der Waals surface area contributed by atoms with Crippen molar-refractivity contribution in [3.05, 3.63) is 125 Å². The summed E-state index contributed by atoms with van der Waals surface area (Å²) in [6.07, 6.45) is 8.32. The van der Waals surface area contributed by atoms with Crippen molar-refractivity contribution in [3.63, 3.8) is 0 Å². The molecule has 4 aromatic carbocycles. The Balaban J connectivity index is 1.10. The van der Waals surface area contributed by atoms with Crippen LogP contribution in [0, 0.1) is 0 Å². The second-order valence-electron chi connectivity index (χ2n) is 12.7. The minimum atomic E-state index is -1.20. The average Bonchev–Trinajstić information content (AvgIpc) is 3.10. The van der Waals surface area contributed by atoms with Crippen LogP contribution >= 0.6 is 0 Å². The van der Waals surface area contributed by atoms with Gasteiger partial charge in [-0.05, 0) is 91.1 Å². The van der Waals surface area contributed by atoms with Crippen LogP contribution in [0.15, 0.2) is 103 Å². The van der Waals surface area contributed by atoms with Crippen LogP contribution in [-0.4, -0.2) is 41.5 Å². The summed E-state index contributed by atoms with van der Waals surface area (Å²) in [5, 5.41) is 15.4. The number of aliphatic carboxylic acids is 1. The smallest absolute Gasteiger partial charge is 0.343 e. The van der Waals surface area contributed by atoms with E-state index in [-0.39, 0.29) is 17.9 Å². The highest BCUT2D eigenvalue weighted by Gasteiger charge is 2.45. The molecule has 0 radical (unpaired) electrons. The Bertz CT molecular complexity index is 1730. The first-order valence-electron chi connectivity index (χ1n) is 17.3. The predicted molar refractivity (Wildman–Crippen MR) is 192 cm³/mol. The second kappa shape index (κ2) is 17.3. The monoisotopic (exact) mass is 676 g/mol. The quantitative estimate of drug-likeness (QED) is 0.0592. The number of ether oxygens (including phenoxy) is 2. The number of hydrogen-bond donors (Lipinski definition) is 3. The summed E-state index contributed by atoms with van der Waals surface area (Å²) in [5.41, 5.74) is 2.27. The van der Waals surface area contributed by atoms with E-state index in [4.69, 9.17) is 9.47 Å². The Morgan fingerprint density at radius 2 is 1.40 bits per heavy atom. The van der Waals surface area contributed by atoms with Gasteiger partial charge in [-0.1, -0.05) is 81.5 Å². The normalized spacial score (nSPS) is 13.7. The Morgan fingerprint density at radius 3 is 2.02 bits per heavy atom. The number of carbonyl (C=O) groups excluding carboxylic acids is 3. The molecule has 0 saturated heterocycles. The highest BCUT2D eigenvalue weighted by atomic mass is 16.5. The highest BCUT2D eigenvalue weighted by molar-refractivity contribution is 6.01. The summed E-state index contributed by atoms with van der Waals surface area (Å²) in [6.45, 7) is 2.82. The molecule has 50 heavy (non-hydrogen) atoms. The van der Waals surface area contributed by atoms with Gasteiger partial charge in [-0.2, -0.15) is 0 Å². The standard InChI is InChI=1S/C41H44N2O7/c1-2-3-4-5-9-27-49-34-23-17-31(18-24-34)39(47)50-35-21-13-29(14-22-35)28-36(38(45)46)43-37(44)30-15-19-33(20-16-30)42-40(48)41(25-10-26-41)32-11-7-6-8-12-32/h6-8,11-24,36H,2-5,9-10,25-28H2,1H3,(H,42,48)(H,43,44)(H,45,46). The molecule has 1 unspecified atom stereocenters. The molecule has 0 aliphatic heterocycles. The van der Waals surface area contributed by atoms with Gasteiger partial charge in [0.2, 0.25) is 5.91 Å². The lowest BCUT2D eigenvalue weighted by Gasteiger charge is -2.40. The Kier molecular flexibility index (Phi) is 12.4. The first-order chi connectivity index (χ1) is 24.3. The van der Waals surface area contributed by atoms with Gasteiger partial charge in [0.15, 0.2) is 0 Å². The molecule has 1 aliphatic rings. The highest BCUT2D eigenvalue weighted by Crippen LogP contribution is 2.44. The zero-order valence-corrected chi connectivity index (χ0v) is 28.4. The Labute approximate surface area is 293 Å².